The highest BCUT2D eigenvalue weighted by Gasteiger charge is 2.16. The van der Waals surface area contributed by atoms with Crippen LogP contribution in [0.1, 0.15) is 17.5 Å². The van der Waals surface area contributed by atoms with Crippen molar-refractivity contribution >= 4 is 17.0 Å². The van der Waals surface area contributed by atoms with Gasteiger partial charge in [-0.05, 0) is 42.3 Å². The van der Waals surface area contributed by atoms with Crippen molar-refractivity contribution < 1.29 is 13.7 Å². The van der Waals surface area contributed by atoms with Gasteiger partial charge in [0.05, 0.1) is 6.33 Å². The number of hydrogen-bond donors (Lipinski definition) is 1. The van der Waals surface area contributed by atoms with Crippen LogP contribution >= 0.6 is 0 Å². The van der Waals surface area contributed by atoms with Crippen LogP contribution in [0.2, 0.25) is 0 Å². The Balaban J connectivity index is 1.45. The lowest BCUT2D eigenvalue weighted by atomic mass is 10.1. The highest BCUT2D eigenvalue weighted by Crippen LogP contribution is 2.24. The number of amides is 1. The summed E-state index contributed by atoms with van der Waals surface area (Å²) in [6, 6.07) is 13.5. The summed E-state index contributed by atoms with van der Waals surface area (Å²) < 4.78 is 19.6. The molecule has 0 unspecified atom stereocenters. The molecule has 0 saturated carbocycles. The molecule has 2 aromatic carbocycles. The van der Waals surface area contributed by atoms with Crippen LogP contribution in [-0.4, -0.2) is 20.6 Å². The Kier molecular flexibility index (Phi) is 5.38. The first kappa shape index (κ1) is 19.5. The lowest BCUT2D eigenvalue weighted by Gasteiger charge is -2.08. The molecule has 8 heteroatoms. The Morgan fingerprint density at radius 2 is 1.93 bits per heavy atom. The highest BCUT2D eigenvalue weighted by molar-refractivity contribution is 5.87. The van der Waals surface area contributed by atoms with Gasteiger partial charge in [0.2, 0.25) is 5.91 Å². The fourth-order valence-electron chi connectivity index (χ4n) is 3.12. The van der Waals surface area contributed by atoms with Crippen molar-refractivity contribution in [2.24, 2.45) is 0 Å². The molecule has 0 fully saturated rings. The third-order valence-electron chi connectivity index (χ3n) is 4.88. The van der Waals surface area contributed by atoms with Crippen LogP contribution in [-0.2, 0) is 17.9 Å². The van der Waals surface area contributed by atoms with E-state index in [1.54, 1.807) is 12.1 Å². The van der Waals surface area contributed by atoms with Crippen molar-refractivity contribution in [3.05, 3.63) is 82.2 Å². The molecule has 1 amide bonds. The molecule has 0 spiro atoms. The summed E-state index contributed by atoms with van der Waals surface area (Å²) in [5.74, 6) is -0.544. The first-order valence-electron chi connectivity index (χ1n) is 9.45. The summed E-state index contributed by atoms with van der Waals surface area (Å²) in [6.07, 6.45) is 1.49. The van der Waals surface area contributed by atoms with Crippen LogP contribution in [0.25, 0.3) is 22.4 Å². The summed E-state index contributed by atoms with van der Waals surface area (Å²) in [4.78, 5) is 29.1. The van der Waals surface area contributed by atoms with Gasteiger partial charge in [-0.1, -0.05) is 29.4 Å². The molecule has 152 valence electrons. The maximum atomic E-state index is 13.1. The van der Waals surface area contributed by atoms with E-state index >= 15 is 0 Å². The zero-order chi connectivity index (χ0) is 21.1. The second kappa shape index (κ2) is 8.28. The van der Waals surface area contributed by atoms with Gasteiger partial charge < -0.3 is 9.84 Å². The zero-order valence-electron chi connectivity index (χ0n) is 16.3. The maximum absolute atomic E-state index is 13.1. The third-order valence-corrected chi connectivity index (χ3v) is 4.88. The molecular weight excluding hydrogens is 387 g/mol. The quantitative estimate of drug-likeness (QED) is 0.531. The number of benzene rings is 2. The first-order chi connectivity index (χ1) is 14.5. The van der Waals surface area contributed by atoms with Gasteiger partial charge in [0.25, 0.3) is 11.1 Å². The van der Waals surface area contributed by atoms with Gasteiger partial charge in [0, 0.05) is 25.1 Å². The summed E-state index contributed by atoms with van der Waals surface area (Å²) in [5, 5.41) is 6.77. The maximum Gasteiger partial charge on any atom is 0.299 e. The Bertz CT molecular complexity index is 1260. The van der Waals surface area contributed by atoms with E-state index in [0.717, 1.165) is 11.1 Å². The van der Waals surface area contributed by atoms with Crippen LogP contribution in [0.4, 0.5) is 4.39 Å². The number of carbonyl (C=O) groups is 1. The van der Waals surface area contributed by atoms with E-state index in [2.05, 4.69) is 15.5 Å². The minimum atomic E-state index is -0.424. The molecule has 0 aliphatic heterocycles. The van der Waals surface area contributed by atoms with E-state index in [-0.39, 0.29) is 30.3 Å². The molecule has 1 N–H and O–H groups in total. The Morgan fingerprint density at radius 1 is 1.17 bits per heavy atom. The summed E-state index contributed by atoms with van der Waals surface area (Å²) in [5.41, 5.74) is 2.98. The third kappa shape index (κ3) is 3.98. The van der Waals surface area contributed by atoms with E-state index in [1.807, 2.05) is 31.2 Å². The molecule has 30 heavy (non-hydrogen) atoms. The van der Waals surface area contributed by atoms with Crippen LogP contribution in [0.5, 0.6) is 0 Å². The van der Waals surface area contributed by atoms with E-state index in [1.165, 1.54) is 23.0 Å². The fraction of sp³-hybridized carbons (Fsp3) is 0.182. The van der Waals surface area contributed by atoms with E-state index in [4.69, 9.17) is 4.52 Å². The highest BCUT2D eigenvalue weighted by atomic mass is 19.1. The topological polar surface area (TPSA) is 90.0 Å². The fourth-order valence-corrected chi connectivity index (χ4v) is 3.12. The Labute approximate surface area is 171 Å². The van der Waals surface area contributed by atoms with Crippen LogP contribution in [0, 0.1) is 12.7 Å². The number of aryl methyl sites for hydroxylation is 2. The van der Waals surface area contributed by atoms with Gasteiger partial charge in [0.1, 0.15) is 17.0 Å². The van der Waals surface area contributed by atoms with E-state index in [9.17, 15) is 14.0 Å². The summed E-state index contributed by atoms with van der Waals surface area (Å²) >= 11 is 0. The SMILES string of the molecule is Cc1ccccc1CNC(=O)CCn1cnc2c(-c3ccc(F)cc3)noc2c1=O. The molecule has 2 heterocycles. The Morgan fingerprint density at radius 3 is 2.70 bits per heavy atom. The van der Waals surface area contributed by atoms with Crippen molar-refractivity contribution in [3.63, 3.8) is 0 Å². The predicted octanol–water partition coefficient (Wildman–Crippen LogP) is 3.21. The van der Waals surface area contributed by atoms with Crippen molar-refractivity contribution in [2.75, 3.05) is 0 Å². The first-order valence-corrected chi connectivity index (χ1v) is 9.45. The monoisotopic (exact) mass is 406 g/mol. The van der Waals surface area contributed by atoms with Gasteiger partial charge in [-0.3, -0.25) is 14.2 Å². The van der Waals surface area contributed by atoms with Crippen LogP contribution in [0.3, 0.4) is 0 Å². The molecule has 0 radical (unpaired) electrons. The largest absolute Gasteiger partial charge is 0.352 e. The summed E-state index contributed by atoms with van der Waals surface area (Å²) in [6.45, 7) is 2.58. The average molecular weight is 406 g/mol. The molecule has 0 aliphatic carbocycles. The molecule has 0 bridgehead atoms. The van der Waals surface area contributed by atoms with Crippen molar-refractivity contribution in [1.82, 2.24) is 20.0 Å². The number of aromatic nitrogens is 3. The molecule has 7 nitrogen and oxygen atoms in total. The number of fused-ring (bicyclic) bond motifs is 1. The van der Waals surface area contributed by atoms with Gasteiger partial charge in [0.15, 0.2) is 0 Å². The molecule has 4 rings (SSSR count). The molecule has 4 aromatic rings. The zero-order valence-corrected chi connectivity index (χ0v) is 16.3. The molecule has 0 atom stereocenters. The smallest absolute Gasteiger partial charge is 0.299 e. The second-order valence-corrected chi connectivity index (χ2v) is 6.91. The van der Waals surface area contributed by atoms with E-state index in [0.29, 0.717) is 23.3 Å². The Hall–Kier alpha value is -3.81. The number of halogens is 1. The van der Waals surface area contributed by atoms with Crippen LogP contribution in [0.15, 0.2) is 64.2 Å². The van der Waals surface area contributed by atoms with Gasteiger partial charge in [-0.25, -0.2) is 9.37 Å². The number of nitrogens with zero attached hydrogens (tertiary/aromatic N) is 3. The van der Waals surface area contributed by atoms with Crippen molar-refractivity contribution in [1.29, 1.82) is 0 Å². The lowest BCUT2D eigenvalue weighted by Crippen LogP contribution is -2.27. The normalized spacial score (nSPS) is 11.0. The number of rotatable bonds is 6. The second-order valence-electron chi connectivity index (χ2n) is 6.91. The molecular formula is C22H19FN4O3. The summed E-state index contributed by atoms with van der Waals surface area (Å²) in [7, 11) is 0. The van der Waals surface area contributed by atoms with Gasteiger partial charge in [-0.15, -0.1) is 0 Å². The van der Waals surface area contributed by atoms with Crippen LogP contribution < -0.4 is 10.9 Å². The van der Waals surface area contributed by atoms with Gasteiger partial charge in [-0.2, -0.15) is 0 Å². The van der Waals surface area contributed by atoms with Crippen molar-refractivity contribution in [3.8, 4) is 11.3 Å². The van der Waals surface area contributed by atoms with E-state index < -0.39 is 5.56 Å². The number of carbonyl (C=O) groups excluding carboxylic acids is 1. The van der Waals surface area contributed by atoms with Crippen molar-refractivity contribution in [2.45, 2.75) is 26.4 Å². The number of hydrogen-bond acceptors (Lipinski definition) is 5. The molecule has 0 aliphatic rings. The standard InChI is InChI=1S/C22H19FN4O3/c1-14-4-2-3-5-16(14)12-24-18(28)10-11-27-13-25-20-19(26-30-21(20)22(27)29)15-6-8-17(23)9-7-15/h2-9,13H,10-12H2,1H3,(H,24,28). The number of nitrogens with one attached hydrogen (secondary N) is 1. The molecule has 2 aromatic heterocycles. The minimum absolute atomic E-state index is 0.00264. The predicted molar refractivity (Wildman–Crippen MR) is 109 cm³/mol. The lowest BCUT2D eigenvalue weighted by molar-refractivity contribution is -0.121. The molecule has 0 saturated heterocycles. The minimum Gasteiger partial charge on any atom is -0.352 e. The van der Waals surface area contributed by atoms with Gasteiger partial charge >= 0.3 is 0 Å². The average Bonchev–Trinajstić information content (AvgIpc) is 3.18.